The number of carbonyl (C=O) groups is 1. The zero-order valence-corrected chi connectivity index (χ0v) is 21.7. The van der Waals surface area contributed by atoms with Crippen molar-refractivity contribution in [1.29, 1.82) is 0 Å². The number of hydrogen-bond acceptors (Lipinski definition) is 4. The Morgan fingerprint density at radius 2 is 1.22 bits per heavy atom. The average molecular weight is 499 g/mol. The normalized spacial score (nSPS) is 16.1. The summed E-state index contributed by atoms with van der Waals surface area (Å²) in [7, 11) is 0. The quantitative estimate of drug-likeness (QED) is 0.309. The molecule has 3 aromatic rings. The van der Waals surface area contributed by atoms with Gasteiger partial charge in [0.1, 0.15) is 23.0 Å². The molecule has 3 N–H and O–H groups in total. The van der Waals surface area contributed by atoms with Crippen LogP contribution in [0.4, 0.5) is 0 Å². The van der Waals surface area contributed by atoms with Crippen LogP contribution in [0.15, 0.2) is 96.3 Å². The topological polar surface area (TPSA) is 87.0 Å². The van der Waals surface area contributed by atoms with Crippen LogP contribution < -0.4 is 4.74 Å². The highest BCUT2D eigenvalue weighted by Crippen LogP contribution is 2.42. The van der Waals surface area contributed by atoms with Crippen molar-refractivity contribution in [2.75, 3.05) is 0 Å². The van der Waals surface area contributed by atoms with Crippen molar-refractivity contribution < 1.29 is 24.9 Å². The molecule has 0 saturated carbocycles. The maximum Gasteiger partial charge on any atom is 0.303 e. The molecule has 3 aromatic carbocycles. The lowest BCUT2D eigenvalue weighted by Gasteiger charge is -2.36. The highest BCUT2D eigenvalue weighted by Gasteiger charge is 2.34. The molecular formula is C32H34O5. The Labute approximate surface area is 218 Å². The third-order valence-corrected chi connectivity index (χ3v) is 7.48. The van der Waals surface area contributed by atoms with E-state index >= 15 is 0 Å². The molecule has 4 rings (SSSR count). The Kier molecular flexibility index (Phi) is 7.17. The van der Waals surface area contributed by atoms with Gasteiger partial charge in [-0.3, -0.25) is 4.79 Å². The number of rotatable bonds is 8. The molecule has 1 unspecified atom stereocenters. The van der Waals surface area contributed by atoms with E-state index in [1.54, 1.807) is 24.3 Å². The summed E-state index contributed by atoms with van der Waals surface area (Å²) in [6, 6.07) is 22.3. The minimum Gasteiger partial charge on any atom is -0.508 e. The van der Waals surface area contributed by atoms with Crippen molar-refractivity contribution in [3.05, 3.63) is 113 Å². The summed E-state index contributed by atoms with van der Waals surface area (Å²) < 4.78 is 6.20. The van der Waals surface area contributed by atoms with Crippen molar-refractivity contribution in [2.45, 2.75) is 51.4 Å². The number of ether oxygens (including phenoxy) is 1. The lowest BCUT2D eigenvalue weighted by molar-refractivity contribution is -0.137. The first-order valence-electron chi connectivity index (χ1n) is 12.5. The second-order valence-corrected chi connectivity index (χ2v) is 10.7. The highest BCUT2D eigenvalue weighted by atomic mass is 16.5. The highest BCUT2D eigenvalue weighted by molar-refractivity contribution is 5.68. The van der Waals surface area contributed by atoms with E-state index in [2.05, 4.69) is 27.7 Å². The summed E-state index contributed by atoms with van der Waals surface area (Å²) in [5.74, 6) is 0.803. The van der Waals surface area contributed by atoms with Crippen LogP contribution in [0, 0.1) is 5.92 Å². The number of allylic oxidation sites excluding steroid dienone is 4. The van der Waals surface area contributed by atoms with Crippen LogP contribution in [-0.4, -0.2) is 21.3 Å². The zero-order chi connectivity index (χ0) is 26.8. The van der Waals surface area contributed by atoms with Crippen LogP contribution in [0.3, 0.4) is 0 Å². The Morgan fingerprint density at radius 3 is 1.70 bits per heavy atom. The third kappa shape index (κ3) is 5.72. The van der Waals surface area contributed by atoms with Gasteiger partial charge in [-0.05, 0) is 65.1 Å². The zero-order valence-electron chi connectivity index (χ0n) is 21.7. The third-order valence-electron chi connectivity index (χ3n) is 7.48. The predicted octanol–water partition coefficient (Wildman–Crippen LogP) is 7.09. The van der Waals surface area contributed by atoms with E-state index in [0.29, 0.717) is 12.2 Å². The van der Waals surface area contributed by atoms with Gasteiger partial charge in [-0.2, -0.15) is 0 Å². The van der Waals surface area contributed by atoms with Crippen LogP contribution in [0.5, 0.6) is 17.2 Å². The molecule has 0 spiro atoms. The van der Waals surface area contributed by atoms with Gasteiger partial charge in [-0.15, -0.1) is 0 Å². The minimum atomic E-state index is -0.848. The van der Waals surface area contributed by atoms with Crippen LogP contribution >= 0.6 is 0 Å². The van der Waals surface area contributed by atoms with Gasteiger partial charge in [0.05, 0.1) is 6.42 Å². The van der Waals surface area contributed by atoms with Crippen LogP contribution in [0.1, 0.15) is 57.2 Å². The number of aromatic hydroxyl groups is 2. The second-order valence-electron chi connectivity index (χ2n) is 10.7. The summed E-state index contributed by atoms with van der Waals surface area (Å²) in [5.41, 5.74) is 3.59. The average Bonchev–Trinajstić information content (AvgIpc) is 2.84. The van der Waals surface area contributed by atoms with Crippen molar-refractivity contribution in [3.63, 3.8) is 0 Å². The van der Waals surface area contributed by atoms with Crippen LogP contribution in [0.25, 0.3) is 0 Å². The molecule has 37 heavy (non-hydrogen) atoms. The van der Waals surface area contributed by atoms with E-state index in [-0.39, 0.29) is 29.3 Å². The summed E-state index contributed by atoms with van der Waals surface area (Å²) in [6.07, 6.45) is 4.42. The number of hydrogen-bond donors (Lipinski definition) is 3. The minimum absolute atomic E-state index is 0.00774. The molecule has 0 radical (unpaired) electrons. The molecule has 1 atom stereocenters. The first kappa shape index (κ1) is 26.1. The van der Waals surface area contributed by atoms with Crippen LogP contribution in [-0.2, 0) is 15.6 Å². The number of aliphatic carboxylic acids is 1. The molecule has 5 nitrogen and oxygen atoms in total. The SMILES string of the molecule is CC(C)(C1=CC=C(Oc2ccc(C(C)(C)c3ccc(O)cc3)cc2)CC1CC(=O)O)c1ccc(O)cc1. The standard InChI is InChI=1S/C32H34O5/c1-31(2,22-5-11-25(33)12-6-22)23-9-15-27(16-10-23)37-28-17-18-29(21(19-28)20-30(35)36)32(3,4)24-7-13-26(34)14-8-24/h5-18,21,33-34H,19-20H2,1-4H3,(H,35,36). The summed E-state index contributed by atoms with van der Waals surface area (Å²) in [6.45, 7) is 8.43. The molecule has 0 aromatic heterocycles. The van der Waals surface area contributed by atoms with Gasteiger partial charge in [0.15, 0.2) is 0 Å². The van der Waals surface area contributed by atoms with Crippen molar-refractivity contribution in [2.24, 2.45) is 5.92 Å². The number of carboxylic acid groups (broad SMARTS) is 1. The summed E-state index contributed by atoms with van der Waals surface area (Å²) in [4.78, 5) is 11.7. The second kappa shape index (κ2) is 10.2. The van der Waals surface area contributed by atoms with E-state index in [1.807, 2.05) is 60.7 Å². The molecule has 0 fully saturated rings. The van der Waals surface area contributed by atoms with Crippen LogP contribution in [0.2, 0.25) is 0 Å². The maximum absolute atomic E-state index is 11.7. The van der Waals surface area contributed by atoms with E-state index in [0.717, 1.165) is 28.0 Å². The van der Waals surface area contributed by atoms with Crippen molar-refractivity contribution in [1.82, 2.24) is 0 Å². The largest absolute Gasteiger partial charge is 0.508 e. The van der Waals surface area contributed by atoms with Gasteiger partial charge >= 0.3 is 5.97 Å². The molecule has 0 heterocycles. The Bertz CT molecular complexity index is 1310. The fraction of sp³-hybridized carbons (Fsp3) is 0.281. The lowest BCUT2D eigenvalue weighted by Crippen LogP contribution is -2.29. The van der Waals surface area contributed by atoms with Crippen molar-refractivity contribution >= 4 is 5.97 Å². The van der Waals surface area contributed by atoms with Gasteiger partial charge in [-0.1, -0.05) is 75.7 Å². The number of benzene rings is 3. The smallest absolute Gasteiger partial charge is 0.303 e. The van der Waals surface area contributed by atoms with Crippen molar-refractivity contribution in [3.8, 4) is 17.2 Å². The molecule has 0 amide bonds. The Morgan fingerprint density at radius 1 is 0.757 bits per heavy atom. The number of phenols is 2. The fourth-order valence-electron chi connectivity index (χ4n) is 5.11. The summed E-state index contributed by atoms with van der Waals surface area (Å²) >= 11 is 0. The molecule has 1 aliphatic carbocycles. The predicted molar refractivity (Wildman–Crippen MR) is 145 cm³/mol. The van der Waals surface area contributed by atoms with E-state index in [1.165, 1.54) is 0 Å². The monoisotopic (exact) mass is 498 g/mol. The van der Waals surface area contributed by atoms with Gasteiger partial charge in [0, 0.05) is 17.3 Å². The van der Waals surface area contributed by atoms with E-state index in [9.17, 15) is 20.1 Å². The lowest BCUT2D eigenvalue weighted by atomic mass is 9.69. The molecular weight excluding hydrogens is 464 g/mol. The summed E-state index contributed by atoms with van der Waals surface area (Å²) in [5, 5.41) is 28.9. The van der Waals surface area contributed by atoms with E-state index in [4.69, 9.17) is 4.74 Å². The number of carboxylic acids is 1. The molecule has 1 aliphatic rings. The maximum atomic E-state index is 11.7. The molecule has 5 heteroatoms. The fourth-order valence-corrected chi connectivity index (χ4v) is 5.11. The molecule has 0 saturated heterocycles. The molecule has 0 bridgehead atoms. The number of phenolic OH excluding ortho intramolecular Hbond substituents is 2. The van der Waals surface area contributed by atoms with Gasteiger partial charge in [0.2, 0.25) is 0 Å². The Hall–Kier alpha value is -3.99. The first-order chi connectivity index (χ1) is 17.5. The molecule has 0 aliphatic heterocycles. The van der Waals surface area contributed by atoms with E-state index < -0.39 is 11.4 Å². The van der Waals surface area contributed by atoms with Gasteiger partial charge in [-0.25, -0.2) is 0 Å². The van der Waals surface area contributed by atoms with Gasteiger partial charge < -0.3 is 20.1 Å². The first-order valence-corrected chi connectivity index (χ1v) is 12.5. The Balaban J connectivity index is 1.56. The molecule has 192 valence electrons. The van der Waals surface area contributed by atoms with Gasteiger partial charge in [0.25, 0.3) is 0 Å².